The third-order valence-corrected chi connectivity index (χ3v) is 2.68. The van der Waals surface area contributed by atoms with Crippen molar-refractivity contribution in [1.82, 2.24) is 9.78 Å². The summed E-state index contributed by atoms with van der Waals surface area (Å²) in [7, 11) is 0. The number of nitrogens with two attached hydrogens (primary N) is 1. The van der Waals surface area contributed by atoms with Crippen molar-refractivity contribution in [3.05, 3.63) is 46.7 Å². The molecule has 0 fully saturated rings. The van der Waals surface area contributed by atoms with E-state index in [4.69, 9.17) is 17.3 Å². The molecule has 0 aliphatic carbocycles. The van der Waals surface area contributed by atoms with Gasteiger partial charge in [0.2, 0.25) is 0 Å². The minimum atomic E-state index is -4.46. The standard InChI is InChI=1S/C11H9ClF3N3/c12-8-5-7(6-16)1-2-9(8)18-4-3-10(17-18)11(13,14)15/h1-5H,6,16H2. The Morgan fingerprint density at radius 1 is 1.28 bits per heavy atom. The number of benzene rings is 1. The number of rotatable bonds is 2. The van der Waals surface area contributed by atoms with Gasteiger partial charge in [-0.1, -0.05) is 17.7 Å². The molecule has 2 N–H and O–H groups in total. The highest BCUT2D eigenvalue weighted by Crippen LogP contribution is 2.29. The van der Waals surface area contributed by atoms with Crippen LogP contribution in [0.2, 0.25) is 5.02 Å². The lowest BCUT2D eigenvalue weighted by Crippen LogP contribution is -2.07. The van der Waals surface area contributed by atoms with Gasteiger partial charge in [-0.25, -0.2) is 4.68 Å². The quantitative estimate of drug-likeness (QED) is 0.916. The molecular formula is C11H9ClF3N3. The molecule has 2 aromatic rings. The van der Waals surface area contributed by atoms with Gasteiger partial charge in [0.25, 0.3) is 0 Å². The zero-order valence-corrected chi connectivity index (χ0v) is 9.83. The minimum Gasteiger partial charge on any atom is -0.326 e. The number of nitrogens with zero attached hydrogens (tertiary/aromatic N) is 2. The first-order valence-corrected chi connectivity index (χ1v) is 5.41. The van der Waals surface area contributed by atoms with E-state index in [0.29, 0.717) is 17.3 Å². The third-order valence-electron chi connectivity index (χ3n) is 2.37. The predicted octanol–water partition coefficient (Wildman–Crippen LogP) is 3.00. The number of hydrogen-bond donors (Lipinski definition) is 1. The summed E-state index contributed by atoms with van der Waals surface area (Å²) in [5.41, 5.74) is 5.66. The van der Waals surface area contributed by atoms with E-state index in [2.05, 4.69) is 5.10 Å². The van der Waals surface area contributed by atoms with Crippen LogP contribution in [0, 0.1) is 0 Å². The average Bonchev–Trinajstić information content (AvgIpc) is 2.77. The van der Waals surface area contributed by atoms with Crippen molar-refractivity contribution < 1.29 is 13.2 Å². The zero-order chi connectivity index (χ0) is 13.3. The predicted molar refractivity (Wildman–Crippen MR) is 61.5 cm³/mol. The third kappa shape index (κ3) is 2.49. The molecule has 1 aromatic carbocycles. The van der Waals surface area contributed by atoms with Gasteiger partial charge in [-0.3, -0.25) is 0 Å². The van der Waals surface area contributed by atoms with Gasteiger partial charge < -0.3 is 5.73 Å². The summed E-state index contributed by atoms with van der Waals surface area (Å²) in [6.07, 6.45) is -3.25. The Labute approximate surface area is 106 Å². The molecule has 3 nitrogen and oxygen atoms in total. The first-order valence-electron chi connectivity index (χ1n) is 5.03. The number of aromatic nitrogens is 2. The molecule has 0 radical (unpaired) electrons. The summed E-state index contributed by atoms with van der Waals surface area (Å²) in [5, 5.41) is 3.74. The SMILES string of the molecule is NCc1ccc(-n2ccc(C(F)(F)F)n2)c(Cl)c1. The fraction of sp³-hybridized carbons (Fsp3) is 0.182. The molecule has 18 heavy (non-hydrogen) atoms. The van der Waals surface area contributed by atoms with E-state index >= 15 is 0 Å². The monoisotopic (exact) mass is 275 g/mol. The van der Waals surface area contributed by atoms with Crippen LogP contribution in [0.1, 0.15) is 11.3 Å². The van der Waals surface area contributed by atoms with E-state index in [1.165, 1.54) is 6.20 Å². The van der Waals surface area contributed by atoms with Crippen LogP contribution < -0.4 is 5.73 Å². The molecule has 0 bridgehead atoms. The van der Waals surface area contributed by atoms with Crippen LogP contribution in [0.5, 0.6) is 0 Å². The Bertz CT molecular complexity index is 563. The lowest BCUT2D eigenvalue weighted by molar-refractivity contribution is -0.141. The highest BCUT2D eigenvalue weighted by molar-refractivity contribution is 6.32. The molecule has 1 aromatic heterocycles. The van der Waals surface area contributed by atoms with Crippen molar-refractivity contribution in [1.29, 1.82) is 0 Å². The summed E-state index contributed by atoms with van der Waals surface area (Å²) < 4.78 is 38.3. The Morgan fingerprint density at radius 2 is 2.00 bits per heavy atom. The van der Waals surface area contributed by atoms with Crippen LogP contribution in [-0.4, -0.2) is 9.78 Å². The normalized spacial score (nSPS) is 11.8. The Balaban J connectivity index is 2.40. The summed E-state index contributed by atoms with van der Waals surface area (Å²) in [5.74, 6) is 0. The molecule has 0 aliphatic rings. The highest BCUT2D eigenvalue weighted by Gasteiger charge is 2.33. The van der Waals surface area contributed by atoms with Crippen LogP contribution >= 0.6 is 11.6 Å². The Morgan fingerprint density at radius 3 is 2.50 bits per heavy atom. The average molecular weight is 276 g/mol. The first kappa shape index (κ1) is 12.9. The fourth-order valence-corrected chi connectivity index (χ4v) is 1.76. The maximum absolute atomic E-state index is 12.4. The molecule has 0 amide bonds. The summed E-state index contributed by atoms with van der Waals surface area (Å²) in [4.78, 5) is 0. The van der Waals surface area contributed by atoms with Crippen molar-refractivity contribution in [3.8, 4) is 5.69 Å². The van der Waals surface area contributed by atoms with E-state index in [1.807, 2.05) is 0 Å². The van der Waals surface area contributed by atoms with Crippen molar-refractivity contribution >= 4 is 11.6 Å². The van der Waals surface area contributed by atoms with E-state index in [9.17, 15) is 13.2 Å². The molecule has 7 heteroatoms. The van der Waals surface area contributed by atoms with Crippen LogP contribution in [0.25, 0.3) is 5.69 Å². The van der Waals surface area contributed by atoms with Gasteiger partial charge >= 0.3 is 6.18 Å². The van der Waals surface area contributed by atoms with Crippen molar-refractivity contribution in [2.45, 2.75) is 12.7 Å². The zero-order valence-electron chi connectivity index (χ0n) is 9.08. The summed E-state index contributed by atoms with van der Waals surface area (Å²) in [6, 6.07) is 5.77. The lowest BCUT2D eigenvalue weighted by atomic mass is 10.2. The molecule has 0 unspecified atom stereocenters. The Hall–Kier alpha value is -1.53. The van der Waals surface area contributed by atoms with Gasteiger partial charge in [0, 0.05) is 12.7 Å². The van der Waals surface area contributed by atoms with Gasteiger partial charge in [0.1, 0.15) is 0 Å². The van der Waals surface area contributed by atoms with Gasteiger partial charge in [0.15, 0.2) is 5.69 Å². The van der Waals surface area contributed by atoms with E-state index < -0.39 is 11.9 Å². The maximum atomic E-state index is 12.4. The first-order chi connectivity index (χ1) is 8.41. The van der Waals surface area contributed by atoms with Gasteiger partial charge in [0.05, 0.1) is 10.7 Å². The molecule has 0 aliphatic heterocycles. The molecule has 1 heterocycles. The van der Waals surface area contributed by atoms with Crippen molar-refractivity contribution in [2.75, 3.05) is 0 Å². The molecule has 0 saturated heterocycles. The van der Waals surface area contributed by atoms with Crippen LogP contribution in [0.3, 0.4) is 0 Å². The lowest BCUT2D eigenvalue weighted by Gasteiger charge is -2.06. The van der Waals surface area contributed by atoms with Gasteiger partial charge in [-0.2, -0.15) is 18.3 Å². The molecule has 0 atom stereocenters. The highest BCUT2D eigenvalue weighted by atomic mass is 35.5. The van der Waals surface area contributed by atoms with Crippen LogP contribution in [-0.2, 0) is 12.7 Å². The van der Waals surface area contributed by atoms with Crippen LogP contribution in [0.4, 0.5) is 13.2 Å². The van der Waals surface area contributed by atoms with Gasteiger partial charge in [-0.05, 0) is 23.8 Å². The molecular weight excluding hydrogens is 267 g/mol. The Kier molecular flexibility index (Phi) is 3.32. The smallest absolute Gasteiger partial charge is 0.326 e. The number of hydrogen-bond acceptors (Lipinski definition) is 2. The largest absolute Gasteiger partial charge is 0.435 e. The van der Waals surface area contributed by atoms with E-state index in [0.717, 1.165) is 16.3 Å². The summed E-state index contributed by atoms with van der Waals surface area (Å²) >= 11 is 5.97. The minimum absolute atomic E-state index is 0.301. The van der Waals surface area contributed by atoms with E-state index in [-0.39, 0.29) is 0 Å². The molecule has 96 valence electrons. The van der Waals surface area contributed by atoms with Gasteiger partial charge in [-0.15, -0.1) is 0 Å². The maximum Gasteiger partial charge on any atom is 0.435 e. The topological polar surface area (TPSA) is 43.8 Å². The van der Waals surface area contributed by atoms with Crippen LogP contribution in [0.15, 0.2) is 30.5 Å². The summed E-state index contributed by atoms with van der Waals surface area (Å²) in [6.45, 7) is 0.312. The number of alkyl halides is 3. The second-order valence-corrected chi connectivity index (χ2v) is 4.04. The molecule has 0 saturated carbocycles. The van der Waals surface area contributed by atoms with E-state index in [1.54, 1.807) is 18.2 Å². The second kappa shape index (κ2) is 4.62. The number of halogens is 4. The second-order valence-electron chi connectivity index (χ2n) is 3.63. The molecule has 2 rings (SSSR count). The van der Waals surface area contributed by atoms with Crippen molar-refractivity contribution in [2.24, 2.45) is 5.73 Å². The fourth-order valence-electron chi connectivity index (χ4n) is 1.47. The van der Waals surface area contributed by atoms with Crippen molar-refractivity contribution in [3.63, 3.8) is 0 Å². The molecule has 0 spiro atoms.